The van der Waals surface area contributed by atoms with Gasteiger partial charge in [0.1, 0.15) is 0 Å². The number of hydrogen-bond donors (Lipinski definition) is 0. The van der Waals surface area contributed by atoms with Crippen LogP contribution in [0.4, 0.5) is 5.13 Å². The van der Waals surface area contributed by atoms with Crippen molar-refractivity contribution in [2.24, 2.45) is 0 Å². The van der Waals surface area contributed by atoms with E-state index in [0.29, 0.717) is 6.04 Å². The molecule has 0 aliphatic heterocycles. The maximum Gasteiger partial charge on any atom is 0.209 e. The van der Waals surface area contributed by atoms with Crippen LogP contribution in [0.3, 0.4) is 0 Å². The van der Waals surface area contributed by atoms with Gasteiger partial charge < -0.3 is 4.90 Å². The highest BCUT2D eigenvalue weighted by atomic mass is 79.9. The molecule has 1 aromatic rings. The molecule has 80 valence electrons. The molecule has 1 rings (SSSR count). The van der Waals surface area contributed by atoms with E-state index in [4.69, 9.17) is 0 Å². The highest BCUT2D eigenvalue weighted by molar-refractivity contribution is 9.11. The first-order valence-corrected chi connectivity index (χ1v) is 7.40. The summed E-state index contributed by atoms with van der Waals surface area (Å²) in [7, 11) is 2.08. The van der Waals surface area contributed by atoms with E-state index in [1.807, 2.05) is 11.8 Å². The van der Waals surface area contributed by atoms with Crippen molar-refractivity contribution in [3.63, 3.8) is 0 Å². The molecule has 0 aromatic carbocycles. The van der Waals surface area contributed by atoms with E-state index in [1.54, 1.807) is 11.3 Å². The molecule has 0 aliphatic carbocycles. The van der Waals surface area contributed by atoms with Gasteiger partial charge >= 0.3 is 0 Å². The van der Waals surface area contributed by atoms with Gasteiger partial charge in [0, 0.05) is 18.8 Å². The summed E-state index contributed by atoms with van der Waals surface area (Å²) in [6, 6.07) is 0.546. The number of nitrogens with zero attached hydrogens (tertiary/aromatic N) is 3. The number of halogens is 1. The summed E-state index contributed by atoms with van der Waals surface area (Å²) in [4.78, 5) is 2.21. The van der Waals surface area contributed by atoms with E-state index in [-0.39, 0.29) is 0 Å². The molecule has 0 N–H and O–H groups in total. The van der Waals surface area contributed by atoms with E-state index < -0.39 is 0 Å². The molecule has 0 aliphatic rings. The number of hydrogen-bond acceptors (Lipinski definition) is 5. The molecule has 1 heterocycles. The van der Waals surface area contributed by atoms with E-state index in [1.165, 1.54) is 0 Å². The molecule has 0 radical (unpaired) electrons. The van der Waals surface area contributed by atoms with Crippen molar-refractivity contribution in [1.82, 2.24) is 10.2 Å². The van der Waals surface area contributed by atoms with E-state index in [2.05, 4.69) is 51.3 Å². The van der Waals surface area contributed by atoms with Crippen molar-refractivity contribution < 1.29 is 0 Å². The van der Waals surface area contributed by atoms with Gasteiger partial charge in [0.15, 0.2) is 3.92 Å². The third kappa shape index (κ3) is 3.10. The molecule has 1 aromatic heterocycles. The minimum Gasteiger partial charge on any atom is -0.346 e. The van der Waals surface area contributed by atoms with Gasteiger partial charge in [-0.1, -0.05) is 18.3 Å². The smallest absolute Gasteiger partial charge is 0.209 e. The summed E-state index contributed by atoms with van der Waals surface area (Å²) in [5, 5.41) is 9.04. The molecule has 0 fully saturated rings. The van der Waals surface area contributed by atoms with Crippen LogP contribution in [0, 0.1) is 0 Å². The van der Waals surface area contributed by atoms with Crippen LogP contribution in [0.1, 0.15) is 13.3 Å². The van der Waals surface area contributed by atoms with E-state index in [9.17, 15) is 0 Å². The Bertz CT molecular complexity index is 279. The van der Waals surface area contributed by atoms with Crippen LogP contribution < -0.4 is 4.90 Å². The highest BCUT2D eigenvalue weighted by Gasteiger charge is 2.15. The molecule has 6 heteroatoms. The lowest BCUT2D eigenvalue weighted by Gasteiger charge is -2.25. The lowest BCUT2D eigenvalue weighted by atomic mass is 10.2. The zero-order valence-corrected chi connectivity index (χ0v) is 11.7. The molecule has 0 saturated carbocycles. The maximum absolute atomic E-state index is 4.11. The molecular formula is C8H14BrN3S2. The first-order valence-electron chi connectivity index (χ1n) is 4.39. The number of thioether (sulfide) groups is 1. The predicted molar refractivity (Wildman–Crippen MR) is 68.5 cm³/mol. The van der Waals surface area contributed by atoms with Gasteiger partial charge in [-0.05, 0) is 28.6 Å². The van der Waals surface area contributed by atoms with E-state index in [0.717, 1.165) is 21.2 Å². The highest BCUT2D eigenvalue weighted by Crippen LogP contribution is 2.25. The van der Waals surface area contributed by atoms with Gasteiger partial charge in [0.2, 0.25) is 5.13 Å². The summed E-state index contributed by atoms with van der Waals surface area (Å²) in [5.74, 6) is 1.13. The van der Waals surface area contributed by atoms with Crippen LogP contribution in [0.15, 0.2) is 3.92 Å². The van der Waals surface area contributed by atoms with Gasteiger partial charge in [-0.15, -0.1) is 10.2 Å². The van der Waals surface area contributed by atoms with Gasteiger partial charge in [-0.3, -0.25) is 0 Å². The Hall–Kier alpha value is 0.190. The lowest BCUT2D eigenvalue weighted by molar-refractivity contribution is 0.668. The van der Waals surface area contributed by atoms with Crippen LogP contribution in [0.2, 0.25) is 0 Å². The topological polar surface area (TPSA) is 29.0 Å². The minimum atomic E-state index is 0.546. The van der Waals surface area contributed by atoms with Crippen molar-refractivity contribution in [3.8, 4) is 0 Å². The summed E-state index contributed by atoms with van der Waals surface area (Å²) in [5.41, 5.74) is 0. The van der Waals surface area contributed by atoms with Crippen LogP contribution in [-0.2, 0) is 0 Å². The van der Waals surface area contributed by atoms with Crippen molar-refractivity contribution in [3.05, 3.63) is 3.92 Å². The Kier molecular flexibility index (Phi) is 5.19. The van der Waals surface area contributed by atoms with E-state index >= 15 is 0 Å². The molecule has 0 amide bonds. The fourth-order valence-electron chi connectivity index (χ4n) is 1.19. The minimum absolute atomic E-state index is 0.546. The molecule has 14 heavy (non-hydrogen) atoms. The normalized spacial score (nSPS) is 12.9. The van der Waals surface area contributed by atoms with Gasteiger partial charge in [-0.25, -0.2) is 0 Å². The summed E-state index contributed by atoms with van der Waals surface area (Å²) in [6.07, 6.45) is 3.26. The third-order valence-corrected chi connectivity index (χ3v) is 4.23. The van der Waals surface area contributed by atoms with Crippen LogP contribution in [0.25, 0.3) is 0 Å². The molecule has 1 unspecified atom stereocenters. The molecule has 0 bridgehead atoms. The second kappa shape index (κ2) is 5.92. The molecule has 1 atom stereocenters. The zero-order valence-electron chi connectivity index (χ0n) is 8.53. The molecule has 3 nitrogen and oxygen atoms in total. The van der Waals surface area contributed by atoms with Crippen molar-refractivity contribution >= 4 is 44.2 Å². The maximum atomic E-state index is 4.11. The Morgan fingerprint density at radius 1 is 1.57 bits per heavy atom. The van der Waals surface area contributed by atoms with Crippen molar-refractivity contribution in [2.45, 2.75) is 19.4 Å². The average Bonchev–Trinajstić information content (AvgIpc) is 2.60. The van der Waals surface area contributed by atoms with Crippen LogP contribution >= 0.6 is 39.0 Å². The predicted octanol–water partition coefficient (Wildman–Crippen LogP) is 2.88. The second-order valence-electron chi connectivity index (χ2n) is 2.97. The summed E-state index contributed by atoms with van der Waals surface area (Å²) >= 11 is 6.77. The monoisotopic (exact) mass is 295 g/mol. The number of anilines is 1. The lowest BCUT2D eigenvalue weighted by Crippen LogP contribution is -2.33. The van der Waals surface area contributed by atoms with Gasteiger partial charge in [-0.2, -0.15) is 11.8 Å². The number of aromatic nitrogens is 2. The Labute approximate surface area is 101 Å². The quantitative estimate of drug-likeness (QED) is 0.835. The van der Waals surface area contributed by atoms with Gasteiger partial charge in [0.05, 0.1) is 0 Å². The Balaban J connectivity index is 2.66. The second-order valence-corrected chi connectivity index (χ2v) is 6.11. The molecule has 0 saturated heterocycles. The fourth-order valence-corrected chi connectivity index (χ4v) is 3.16. The Morgan fingerprint density at radius 3 is 2.71 bits per heavy atom. The summed E-state index contributed by atoms with van der Waals surface area (Å²) < 4.78 is 0.846. The summed E-state index contributed by atoms with van der Waals surface area (Å²) in [6.45, 7) is 2.20. The largest absolute Gasteiger partial charge is 0.346 e. The molecular weight excluding hydrogens is 282 g/mol. The number of rotatable bonds is 5. The third-order valence-electron chi connectivity index (χ3n) is 2.07. The fraction of sp³-hybridized carbons (Fsp3) is 0.750. The first kappa shape index (κ1) is 12.3. The average molecular weight is 296 g/mol. The van der Waals surface area contributed by atoms with Gasteiger partial charge in [0.25, 0.3) is 0 Å². The van der Waals surface area contributed by atoms with Crippen LogP contribution in [0.5, 0.6) is 0 Å². The van der Waals surface area contributed by atoms with Crippen molar-refractivity contribution in [2.75, 3.05) is 24.0 Å². The Morgan fingerprint density at radius 2 is 2.29 bits per heavy atom. The molecule has 0 spiro atoms. The SMILES string of the molecule is CCC(CSC)N(C)c1nnc(Br)s1. The first-order chi connectivity index (χ1) is 6.69. The van der Waals surface area contributed by atoms with Crippen molar-refractivity contribution in [1.29, 1.82) is 0 Å². The zero-order chi connectivity index (χ0) is 10.6. The van der Waals surface area contributed by atoms with Crippen LogP contribution in [-0.4, -0.2) is 35.3 Å². The standard InChI is InChI=1S/C8H14BrN3S2/c1-4-6(5-13-3)12(2)8-11-10-7(9)14-8/h6H,4-5H2,1-3H3.